The summed E-state index contributed by atoms with van der Waals surface area (Å²) in [5.41, 5.74) is -0.0259. The van der Waals surface area contributed by atoms with Crippen LogP contribution in [0.25, 0.3) is 0 Å². The van der Waals surface area contributed by atoms with Crippen molar-refractivity contribution in [3.05, 3.63) is 28.5 Å². The lowest BCUT2D eigenvalue weighted by Crippen LogP contribution is -2.50. The van der Waals surface area contributed by atoms with Gasteiger partial charge in [-0.1, -0.05) is 6.07 Å². The highest BCUT2D eigenvalue weighted by Crippen LogP contribution is 2.30. The number of carbonyl (C=O) groups excluding carboxylic acids is 1. The van der Waals surface area contributed by atoms with Crippen molar-refractivity contribution < 1.29 is 13.9 Å². The van der Waals surface area contributed by atoms with Gasteiger partial charge in [0.25, 0.3) is 0 Å². The molecule has 116 valence electrons. The maximum Gasteiger partial charge on any atom is 0.407 e. The molecule has 2 N–H and O–H groups in total. The normalized spacial score (nSPS) is 21.4. The summed E-state index contributed by atoms with van der Waals surface area (Å²) in [5, 5.41) is 5.96. The number of hydrogen-bond acceptors (Lipinski definition) is 3. The van der Waals surface area contributed by atoms with E-state index in [1.165, 1.54) is 6.07 Å². The third-order valence-electron chi connectivity index (χ3n) is 3.17. The number of benzene rings is 1. The Kier molecular flexibility index (Phi) is 4.76. The van der Waals surface area contributed by atoms with Gasteiger partial charge in [-0.2, -0.15) is 0 Å². The molecule has 1 fully saturated rings. The minimum atomic E-state index is -0.497. The molecule has 0 atom stereocenters. The Morgan fingerprint density at radius 1 is 1.33 bits per heavy atom. The number of halogens is 2. The summed E-state index contributed by atoms with van der Waals surface area (Å²) in [5.74, 6) is -0.284. The van der Waals surface area contributed by atoms with Crippen molar-refractivity contribution in [2.75, 3.05) is 5.32 Å². The van der Waals surface area contributed by atoms with Crippen molar-refractivity contribution in [2.24, 2.45) is 0 Å². The fourth-order valence-electron chi connectivity index (χ4n) is 2.17. The van der Waals surface area contributed by atoms with E-state index in [1.54, 1.807) is 12.1 Å². The van der Waals surface area contributed by atoms with Gasteiger partial charge in [-0.05, 0) is 61.7 Å². The molecule has 0 heterocycles. The average molecular weight is 359 g/mol. The lowest BCUT2D eigenvalue weighted by molar-refractivity contribution is 0.0475. The van der Waals surface area contributed by atoms with Crippen LogP contribution in [0, 0.1) is 5.82 Å². The fourth-order valence-corrected chi connectivity index (χ4v) is 2.62. The van der Waals surface area contributed by atoms with Crippen LogP contribution >= 0.6 is 15.9 Å². The van der Waals surface area contributed by atoms with Crippen LogP contribution in [0.15, 0.2) is 22.7 Å². The van der Waals surface area contributed by atoms with Crippen molar-refractivity contribution in [3.63, 3.8) is 0 Å². The van der Waals surface area contributed by atoms with Crippen LogP contribution in [0.3, 0.4) is 0 Å². The van der Waals surface area contributed by atoms with E-state index >= 15 is 0 Å². The monoisotopic (exact) mass is 358 g/mol. The number of hydrogen-bond donors (Lipinski definition) is 2. The minimum Gasteiger partial charge on any atom is -0.444 e. The predicted molar refractivity (Wildman–Crippen MR) is 83.9 cm³/mol. The lowest BCUT2D eigenvalue weighted by Gasteiger charge is -2.37. The van der Waals surface area contributed by atoms with Crippen LogP contribution in [0.4, 0.5) is 14.9 Å². The van der Waals surface area contributed by atoms with Crippen molar-refractivity contribution >= 4 is 27.7 Å². The highest BCUT2D eigenvalue weighted by molar-refractivity contribution is 9.10. The highest BCUT2D eigenvalue weighted by Gasteiger charge is 2.32. The van der Waals surface area contributed by atoms with Crippen molar-refractivity contribution in [1.29, 1.82) is 0 Å². The first-order chi connectivity index (χ1) is 9.74. The zero-order valence-electron chi connectivity index (χ0n) is 12.4. The summed E-state index contributed by atoms with van der Waals surface area (Å²) in [6, 6.07) is 5.09. The first-order valence-electron chi connectivity index (χ1n) is 6.94. The number of nitrogens with one attached hydrogen (secondary N) is 2. The second kappa shape index (κ2) is 6.22. The van der Waals surface area contributed by atoms with Gasteiger partial charge in [-0.3, -0.25) is 0 Å². The van der Waals surface area contributed by atoms with E-state index in [9.17, 15) is 9.18 Å². The molecule has 2 rings (SSSR count). The molecule has 1 saturated carbocycles. The Hall–Kier alpha value is -1.30. The molecule has 1 aliphatic carbocycles. The van der Waals surface area contributed by atoms with Gasteiger partial charge < -0.3 is 15.4 Å². The number of para-hydroxylation sites is 1. The van der Waals surface area contributed by atoms with E-state index < -0.39 is 11.7 Å². The molecule has 4 nitrogen and oxygen atoms in total. The Morgan fingerprint density at radius 3 is 2.57 bits per heavy atom. The summed E-state index contributed by atoms with van der Waals surface area (Å²) in [4.78, 5) is 11.6. The molecular formula is C15H20BrFN2O2. The molecule has 0 aliphatic heterocycles. The van der Waals surface area contributed by atoms with Crippen LogP contribution in [-0.2, 0) is 4.74 Å². The first kappa shape index (κ1) is 16.1. The maximum absolute atomic E-state index is 13.7. The Balaban J connectivity index is 1.78. The van der Waals surface area contributed by atoms with E-state index in [-0.39, 0.29) is 17.9 Å². The van der Waals surface area contributed by atoms with Gasteiger partial charge >= 0.3 is 6.09 Å². The molecule has 0 aromatic heterocycles. The molecule has 0 spiro atoms. The zero-order valence-corrected chi connectivity index (χ0v) is 14.0. The number of carbonyl (C=O) groups is 1. The van der Waals surface area contributed by atoms with E-state index in [0.29, 0.717) is 10.2 Å². The molecule has 1 aliphatic rings. The number of anilines is 1. The van der Waals surface area contributed by atoms with Gasteiger partial charge in [0.2, 0.25) is 0 Å². The predicted octanol–water partition coefficient (Wildman–Crippen LogP) is 4.06. The Labute approximate surface area is 132 Å². The van der Waals surface area contributed by atoms with Crippen LogP contribution in [0.1, 0.15) is 33.6 Å². The van der Waals surface area contributed by atoms with Crippen molar-refractivity contribution in [2.45, 2.75) is 51.3 Å². The van der Waals surface area contributed by atoms with Gasteiger partial charge in [0.1, 0.15) is 11.4 Å². The average Bonchev–Trinajstić information content (AvgIpc) is 2.27. The van der Waals surface area contributed by atoms with Crippen LogP contribution < -0.4 is 10.6 Å². The van der Waals surface area contributed by atoms with Gasteiger partial charge in [0.15, 0.2) is 0 Å². The molecular weight excluding hydrogens is 339 g/mol. The quantitative estimate of drug-likeness (QED) is 0.856. The number of amides is 1. The van der Waals surface area contributed by atoms with Gasteiger partial charge in [0.05, 0.1) is 5.69 Å². The van der Waals surface area contributed by atoms with E-state index in [1.807, 2.05) is 20.8 Å². The topological polar surface area (TPSA) is 50.4 Å². The van der Waals surface area contributed by atoms with E-state index in [0.717, 1.165) is 12.8 Å². The number of ether oxygens (including phenoxy) is 1. The molecule has 0 saturated heterocycles. The zero-order chi connectivity index (χ0) is 15.6. The number of alkyl carbamates (subject to hydrolysis) is 1. The summed E-state index contributed by atoms with van der Waals surface area (Å²) < 4.78 is 19.6. The fraction of sp³-hybridized carbons (Fsp3) is 0.533. The Bertz CT molecular complexity index is 505. The summed E-state index contributed by atoms with van der Waals surface area (Å²) in [6.45, 7) is 5.48. The van der Waals surface area contributed by atoms with Gasteiger partial charge in [0, 0.05) is 16.6 Å². The molecule has 0 bridgehead atoms. The third kappa shape index (κ3) is 4.59. The Morgan fingerprint density at radius 2 is 2.00 bits per heavy atom. The molecule has 6 heteroatoms. The van der Waals surface area contributed by atoms with Gasteiger partial charge in [-0.25, -0.2) is 9.18 Å². The highest BCUT2D eigenvalue weighted by atomic mass is 79.9. The third-order valence-corrected chi connectivity index (χ3v) is 3.83. The van der Waals surface area contributed by atoms with Crippen LogP contribution in [0.2, 0.25) is 0 Å². The molecule has 0 unspecified atom stereocenters. The summed E-state index contributed by atoms with van der Waals surface area (Å²) in [6.07, 6.45) is 1.10. The maximum atomic E-state index is 13.7. The summed E-state index contributed by atoms with van der Waals surface area (Å²) in [7, 11) is 0. The molecule has 1 amide bonds. The first-order valence-corrected chi connectivity index (χ1v) is 7.74. The largest absolute Gasteiger partial charge is 0.444 e. The number of rotatable bonds is 3. The molecule has 1 aromatic rings. The van der Waals surface area contributed by atoms with Crippen LogP contribution in [0.5, 0.6) is 0 Å². The van der Waals surface area contributed by atoms with Gasteiger partial charge in [-0.15, -0.1) is 0 Å². The SMILES string of the molecule is CC(C)(C)OC(=O)NC1CC(Nc2c(F)cccc2Br)C1. The second-order valence-corrected chi connectivity index (χ2v) is 7.11. The molecule has 0 radical (unpaired) electrons. The smallest absolute Gasteiger partial charge is 0.407 e. The standard InChI is InChI=1S/C15H20BrFN2O2/c1-15(2,3)21-14(20)19-10-7-9(8-10)18-13-11(16)5-4-6-12(13)17/h4-6,9-10,18H,7-8H2,1-3H3,(H,19,20). The molecule has 1 aromatic carbocycles. The molecule has 21 heavy (non-hydrogen) atoms. The van der Waals surface area contributed by atoms with E-state index in [2.05, 4.69) is 26.6 Å². The van der Waals surface area contributed by atoms with Crippen molar-refractivity contribution in [3.8, 4) is 0 Å². The summed E-state index contributed by atoms with van der Waals surface area (Å²) >= 11 is 3.33. The lowest BCUT2D eigenvalue weighted by atomic mass is 9.86. The van der Waals surface area contributed by atoms with Crippen molar-refractivity contribution in [1.82, 2.24) is 5.32 Å². The van der Waals surface area contributed by atoms with E-state index in [4.69, 9.17) is 4.74 Å². The minimum absolute atomic E-state index is 0.0721. The second-order valence-electron chi connectivity index (χ2n) is 6.25. The van der Waals surface area contributed by atoms with Crippen LogP contribution in [-0.4, -0.2) is 23.8 Å².